The van der Waals surface area contributed by atoms with Gasteiger partial charge in [-0.3, -0.25) is 4.98 Å². The van der Waals surface area contributed by atoms with Crippen molar-refractivity contribution in [3.05, 3.63) is 78.5 Å². The van der Waals surface area contributed by atoms with Gasteiger partial charge in [-0.15, -0.1) is 0 Å². The van der Waals surface area contributed by atoms with E-state index in [4.69, 9.17) is 14.2 Å². The normalized spacial score (nSPS) is 10.3. The standard InChI is InChI=1S/C24H19N3O3/c1-28-23-13-19-20(11-12-26-21(19)14-24(23)29-2)27-17-7-9-18(10-8-17)30-22-6-4-3-5-16(22)15-25/h3-14H,1-2H3,(H,26,27). The van der Waals surface area contributed by atoms with Gasteiger partial charge in [-0.2, -0.15) is 5.26 Å². The van der Waals surface area contributed by atoms with Gasteiger partial charge in [0, 0.05) is 29.0 Å². The number of nitrogens with zero attached hydrogens (tertiary/aromatic N) is 2. The zero-order valence-corrected chi connectivity index (χ0v) is 16.5. The predicted molar refractivity (Wildman–Crippen MR) is 116 cm³/mol. The van der Waals surface area contributed by atoms with Crippen LogP contribution < -0.4 is 19.5 Å². The highest BCUT2D eigenvalue weighted by Crippen LogP contribution is 2.35. The molecule has 0 radical (unpaired) electrons. The Kier molecular flexibility index (Phi) is 5.35. The van der Waals surface area contributed by atoms with Crippen LogP contribution in [-0.2, 0) is 0 Å². The van der Waals surface area contributed by atoms with E-state index in [-0.39, 0.29) is 0 Å². The number of hydrogen-bond donors (Lipinski definition) is 1. The molecule has 4 aromatic rings. The van der Waals surface area contributed by atoms with Crippen LogP contribution in [0.4, 0.5) is 11.4 Å². The second-order valence-corrected chi connectivity index (χ2v) is 6.44. The molecule has 0 fully saturated rings. The maximum absolute atomic E-state index is 9.20. The molecular weight excluding hydrogens is 378 g/mol. The van der Waals surface area contributed by atoms with Crippen LogP contribution in [0.15, 0.2) is 72.9 Å². The molecule has 1 aromatic heterocycles. The van der Waals surface area contributed by atoms with E-state index < -0.39 is 0 Å². The molecule has 6 nitrogen and oxygen atoms in total. The number of fused-ring (bicyclic) bond motifs is 1. The SMILES string of the molecule is COc1cc2nccc(Nc3ccc(Oc4ccccc4C#N)cc3)c2cc1OC. The summed E-state index contributed by atoms with van der Waals surface area (Å²) in [5.74, 6) is 2.45. The molecule has 30 heavy (non-hydrogen) atoms. The van der Waals surface area contributed by atoms with E-state index in [2.05, 4.69) is 16.4 Å². The largest absolute Gasteiger partial charge is 0.493 e. The molecule has 0 unspecified atom stereocenters. The highest BCUT2D eigenvalue weighted by Gasteiger charge is 2.10. The van der Waals surface area contributed by atoms with Gasteiger partial charge in [0.25, 0.3) is 0 Å². The number of anilines is 2. The van der Waals surface area contributed by atoms with Crippen LogP contribution in [0.2, 0.25) is 0 Å². The summed E-state index contributed by atoms with van der Waals surface area (Å²) >= 11 is 0. The van der Waals surface area contributed by atoms with Crippen molar-refractivity contribution in [1.82, 2.24) is 4.98 Å². The van der Waals surface area contributed by atoms with Crippen LogP contribution in [0.3, 0.4) is 0 Å². The highest BCUT2D eigenvalue weighted by atomic mass is 16.5. The van der Waals surface area contributed by atoms with Crippen LogP contribution in [0, 0.1) is 11.3 Å². The van der Waals surface area contributed by atoms with E-state index in [0.717, 1.165) is 22.3 Å². The summed E-state index contributed by atoms with van der Waals surface area (Å²) in [6, 6.07) is 22.5. The van der Waals surface area contributed by atoms with Crippen molar-refractivity contribution in [2.75, 3.05) is 19.5 Å². The maximum Gasteiger partial charge on any atom is 0.162 e. The van der Waals surface area contributed by atoms with Crippen molar-refractivity contribution in [1.29, 1.82) is 5.26 Å². The van der Waals surface area contributed by atoms with Gasteiger partial charge in [-0.1, -0.05) is 12.1 Å². The predicted octanol–water partition coefficient (Wildman–Crippen LogP) is 5.66. The van der Waals surface area contributed by atoms with E-state index in [9.17, 15) is 5.26 Å². The summed E-state index contributed by atoms with van der Waals surface area (Å²) in [5, 5.41) is 13.5. The van der Waals surface area contributed by atoms with Crippen LogP contribution >= 0.6 is 0 Å². The molecule has 0 spiro atoms. The van der Waals surface area contributed by atoms with Gasteiger partial charge in [0.2, 0.25) is 0 Å². The summed E-state index contributed by atoms with van der Waals surface area (Å²) in [6.45, 7) is 0. The lowest BCUT2D eigenvalue weighted by Gasteiger charge is -2.13. The average Bonchev–Trinajstić information content (AvgIpc) is 2.80. The highest BCUT2D eigenvalue weighted by molar-refractivity contribution is 5.95. The molecule has 6 heteroatoms. The van der Waals surface area contributed by atoms with Crippen LogP contribution in [0.25, 0.3) is 10.9 Å². The molecule has 3 aromatic carbocycles. The third-order valence-electron chi connectivity index (χ3n) is 4.62. The number of pyridine rings is 1. The maximum atomic E-state index is 9.20. The lowest BCUT2D eigenvalue weighted by Crippen LogP contribution is -1.95. The summed E-state index contributed by atoms with van der Waals surface area (Å²) in [4.78, 5) is 4.42. The minimum absolute atomic E-state index is 0.493. The number of nitrogens with one attached hydrogen (secondary N) is 1. The number of ether oxygens (including phenoxy) is 3. The summed E-state index contributed by atoms with van der Waals surface area (Å²) in [5.41, 5.74) is 3.07. The number of rotatable bonds is 6. The first-order chi connectivity index (χ1) is 14.7. The fourth-order valence-electron chi connectivity index (χ4n) is 3.12. The Morgan fingerprint density at radius 2 is 1.60 bits per heavy atom. The average molecular weight is 397 g/mol. The molecular formula is C24H19N3O3. The van der Waals surface area contributed by atoms with Gasteiger partial charge in [-0.25, -0.2) is 0 Å². The Labute approximate surface area is 174 Å². The molecule has 0 bridgehead atoms. The fourth-order valence-corrected chi connectivity index (χ4v) is 3.12. The molecule has 148 valence electrons. The number of benzene rings is 3. The molecule has 1 heterocycles. The zero-order valence-electron chi connectivity index (χ0n) is 16.5. The quantitative estimate of drug-likeness (QED) is 0.452. The molecule has 0 saturated heterocycles. The van der Waals surface area contributed by atoms with Gasteiger partial charge < -0.3 is 19.5 Å². The third kappa shape index (κ3) is 3.82. The van der Waals surface area contributed by atoms with Crippen LogP contribution in [0.5, 0.6) is 23.0 Å². The van der Waals surface area contributed by atoms with Crippen molar-refractivity contribution in [3.63, 3.8) is 0 Å². The lowest BCUT2D eigenvalue weighted by molar-refractivity contribution is 0.356. The Balaban J connectivity index is 1.59. The molecule has 0 saturated carbocycles. The van der Waals surface area contributed by atoms with Crippen molar-refractivity contribution in [2.45, 2.75) is 0 Å². The fraction of sp³-hybridized carbons (Fsp3) is 0.0833. The molecule has 0 aliphatic carbocycles. The summed E-state index contributed by atoms with van der Waals surface area (Å²) in [6.07, 6.45) is 1.74. The molecule has 0 aliphatic rings. The Bertz CT molecular complexity index is 1230. The van der Waals surface area contributed by atoms with E-state index in [1.165, 1.54) is 0 Å². The van der Waals surface area contributed by atoms with Gasteiger partial charge >= 0.3 is 0 Å². The minimum Gasteiger partial charge on any atom is -0.493 e. The Morgan fingerprint density at radius 1 is 0.867 bits per heavy atom. The van der Waals surface area contributed by atoms with E-state index in [1.54, 1.807) is 32.5 Å². The minimum atomic E-state index is 0.493. The first-order valence-corrected chi connectivity index (χ1v) is 9.26. The smallest absolute Gasteiger partial charge is 0.162 e. The van der Waals surface area contributed by atoms with Gasteiger partial charge in [0.05, 0.1) is 25.3 Å². The number of nitriles is 1. The number of aromatic nitrogens is 1. The Morgan fingerprint density at radius 3 is 2.33 bits per heavy atom. The molecule has 1 N–H and O–H groups in total. The van der Waals surface area contributed by atoms with E-state index in [1.807, 2.05) is 54.6 Å². The number of methoxy groups -OCH3 is 2. The van der Waals surface area contributed by atoms with Gasteiger partial charge in [-0.05, 0) is 48.5 Å². The first kappa shape index (κ1) is 19.1. The first-order valence-electron chi connectivity index (χ1n) is 9.26. The molecule has 0 amide bonds. The van der Waals surface area contributed by atoms with Crippen molar-refractivity contribution < 1.29 is 14.2 Å². The molecule has 0 atom stereocenters. The summed E-state index contributed by atoms with van der Waals surface area (Å²) < 4.78 is 16.6. The van der Waals surface area contributed by atoms with Crippen molar-refractivity contribution in [2.24, 2.45) is 0 Å². The van der Waals surface area contributed by atoms with E-state index in [0.29, 0.717) is 28.6 Å². The van der Waals surface area contributed by atoms with Crippen molar-refractivity contribution >= 4 is 22.3 Å². The molecule has 4 rings (SSSR count). The lowest BCUT2D eigenvalue weighted by atomic mass is 10.1. The second kappa shape index (κ2) is 8.41. The summed E-state index contributed by atoms with van der Waals surface area (Å²) in [7, 11) is 3.21. The topological polar surface area (TPSA) is 76.4 Å². The van der Waals surface area contributed by atoms with Crippen LogP contribution in [-0.4, -0.2) is 19.2 Å². The monoisotopic (exact) mass is 397 g/mol. The van der Waals surface area contributed by atoms with Gasteiger partial charge in [0.15, 0.2) is 11.5 Å². The zero-order chi connectivity index (χ0) is 20.9. The third-order valence-corrected chi connectivity index (χ3v) is 4.62. The van der Waals surface area contributed by atoms with Crippen molar-refractivity contribution in [3.8, 4) is 29.1 Å². The van der Waals surface area contributed by atoms with E-state index >= 15 is 0 Å². The number of hydrogen-bond acceptors (Lipinski definition) is 6. The van der Waals surface area contributed by atoms with Gasteiger partial charge in [0.1, 0.15) is 17.6 Å². The second-order valence-electron chi connectivity index (χ2n) is 6.44. The Hall–Kier alpha value is -4.24. The number of para-hydroxylation sites is 1. The molecule has 0 aliphatic heterocycles. The van der Waals surface area contributed by atoms with Crippen LogP contribution in [0.1, 0.15) is 5.56 Å².